The molecule has 5 nitrogen and oxygen atoms in total. The smallest absolute Gasteiger partial charge is 0.410 e. The van der Waals surface area contributed by atoms with Gasteiger partial charge in [-0.2, -0.15) is 0 Å². The molecule has 0 radical (unpaired) electrons. The summed E-state index contributed by atoms with van der Waals surface area (Å²) in [4.78, 5) is 16.3. The fraction of sp³-hybridized carbons (Fsp3) is 0.650. The molecule has 0 bridgehead atoms. The zero-order valence-corrected chi connectivity index (χ0v) is 18.6. The fourth-order valence-electron chi connectivity index (χ4n) is 2.85. The molecule has 1 amide bonds. The molecule has 0 spiro atoms. The molecule has 1 aromatic carbocycles. The van der Waals surface area contributed by atoms with E-state index in [0.29, 0.717) is 0 Å². The van der Waals surface area contributed by atoms with Crippen LogP contribution < -0.4 is 5.32 Å². The van der Waals surface area contributed by atoms with E-state index < -0.39 is 5.60 Å². The minimum Gasteiger partial charge on any atom is -0.444 e. The largest absolute Gasteiger partial charge is 0.444 e. The second kappa shape index (κ2) is 12.4. The van der Waals surface area contributed by atoms with Gasteiger partial charge in [-0.3, -0.25) is 4.90 Å². The number of hydrogen-bond acceptors (Lipinski definition) is 4. The van der Waals surface area contributed by atoms with Gasteiger partial charge in [-0.05, 0) is 52.8 Å². The molecule has 27 heavy (non-hydrogen) atoms. The Morgan fingerprint density at radius 1 is 1.07 bits per heavy atom. The Morgan fingerprint density at radius 2 is 1.67 bits per heavy atom. The summed E-state index contributed by atoms with van der Waals surface area (Å²) in [7, 11) is 0. The molecule has 1 fully saturated rings. The van der Waals surface area contributed by atoms with Crippen LogP contribution in [0.15, 0.2) is 24.3 Å². The van der Waals surface area contributed by atoms with E-state index in [1.165, 1.54) is 11.1 Å². The fourth-order valence-corrected chi connectivity index (χ4v) is 2.85. The van der Waals surface area contributed by atoms with Crippen LogP contribution in [-0.2, 0) is 11.3 Å². The maximum Gasteiger partial charge on any atom is 0.410 e. The zero-order chi connectivity index (χ0) is 18.3. The van der Waals surface area contributed by atoms with Gasteiger partial charge in [0.25, 0.3) is 0 Å². The lowest BCUT2D eigenvalue weighted by atomic mass is 10.1. The molecular weight excluding hydrogens is 385 g/mol. The van der Waals surface area contributed by atoms with Crippen LogP contribution in [0.25, 0.3) is 0 Å². The van der Waals surface area contributed by atoms with E-state index in [-0.39, 0.29) is 30.9 Å². The third-order valence-electron chi connectivity index (χ3n) is 4.30. The van der Waals surface area contributed by atoms with E-state index in [2.05, 4.69) is 41.4 Å². The number of aryl methyl sites for hydroxylation is 1. The molecule has 0 aliphatic carbocycles. The first-order chi connectivity index (χ1) is 11.8. The molecule has 1 aromatic rings. The van der Waals surface area contributed by atoms with Crippen LogP contribution in [0.3, 0.4) is 0 Å². The molecule has 0 aromatic heterocycles. The van der Waals surface area contributed by atoms with E-state index in [4.69, 9.17) is 4.74 Å². The highest BCUT2D eigenvalue weighted by Gasteiger charge is 2.25. The Bertz CT molecular complexity index is 539. The third kappa shape index (κ3) is 10.2. The van der Waals surface area contributed by atoms with Crippen molar-refractivity contribution in [1.82, 2.24) is 15.1 Å². The van der Waals surface area contributed by atoms with Crippen molar-refractivity contribution in [3.63, 3.8) is 0 Å². The average molecular weight is 420 g/mol. The van der Waals surface area contributed by atoms with Crippen LogP contribution in [-0.4, -0.2) is 60.8 Å². The molecule has 1 N–H and O–H groups in total. The number of halogens is 2. The van der Waals surface area contributed by atoms with E-state index in [1.54, 1.807) is 0 Å². The molecule has 1 saturated heterocycles. The van der Waals surface area contributed by atoms with Crippen molar-refractivity contribution in [2.75, 3.05) is 39.3 Å². The first kappa shape index (κ1) is 26.0. The molecule has 0 unspecified atom stereocenters. The molecule has 156 valence electrons. The van der Waals surface area contributed by atoms with Gasteiger partial charge < -0.3 is 15.0 Å². The van der Waals surface area contributed by atoms with Crippen molar-refractivity contribution < 1.29 is 9.53 Å². The number of piperazine rings is 1. The number of carbonyl (C=O) groups excluding carboxylic acids is 1. The third-order valence-corrected chi connectivity index (χ3v) is 4.30. The number of rotatable bonds is 6. The predicted octanol–water partition coefficient (Wildman–Crippen LogP) is 3.87. The standard InChI is InChI=1S/C20H33N3O2.2ClH/c1-17-6-8-18(9-7-17)16-21-10-5-11-22-12-14-23(15-13-22)19(24)25-20(2,3)4;;/h6-9,21H,5,10-16H2,1-4H3;2*1H. The number of amides is 1. The van der Waals surface area contributed by atoms with Crippen molar-refractivity contribution in [1.29, 1.82) is 0 Å². The van der Waals surface area contributed by atoms with Gasteiger partial charge in [-0.25, -0.2) is 4.79 Å². The molecule has 0 atom stereocenters. The minimum atomic E-state index is -0.419. The van der Waals surface area contributed by atoms with Crippen molar-refractivity contribution in [2.24, 2.45) is 0 Å². The van der Waals surface area contributed by atoms with Crippen molar-refractivity contribution in [3.8, 4) is 0 Å². The SMILES string of the molecule is Cc1ccc(CNCCCN2CCN(C(=O)OC(C)(C)C)CC2)cc1.Cl.Cl. The summed E-state index contributed by atoms with van der Waals surface area (Å²) in [5, 5.41) is 3.50. The van der Waals surface area contributed by atoms with Crippen LogP contribution in [0.4, 0.5) is 4.79 Å². The van der Waals surface area contributed by atoms with E-state index in [1.807, 2.05) is 25.7 Å². The van der Waals surface area contributed by atoms with Gasteiger partial charge >= 0.3 is 6.09 Å². The quantitative estimate of drug-likeness (QED) is 0.710. The minimum absolute atomic E-state index is 0. The number of hydrogen-bond donors (Lipinski definition) is 1. The van der Waals surface area contributed by atoms with E-state index in [9.17, 15) is 4.79 Å². The highest BCUT2D eigenvalue weighted by molar-refractivity contribution is 5.85. The number of benzene rings is 1. The monoisotopic (exact) mass is 419 g/mol. The summed E-state index contributed by atoms with van der Waals surface area (Å²) >= 11 is 0. The van der Waals surface area contributed by atoms with E-state index in [0.717, 1.165) is 52.2 Å². The summed E-state index contributed by atoms with van der Waals surface area (Å²) in [6.07, 6.45) is 0.935. The lowest BCUT2D eigenvalue weighted by molar-refractivity contribution is 0.0144. The van der Waals surface area contributed by atoms with Crippen LogP contribution >= 0.6 is 24.8 Å². The normalized spacial score (nSPS) is 14.9. The Morgan fingerprint density at radius 3 is 2.22 bits per heavy atom. The number of nitrogens with one attached hydrogen (secondary N) is 1. The summed E-state index contributed by atoms with van der Waals surface area (Å²) in [6.45, 7) is 14.2. The van der Waals surface area contributed by atoms with Gasteiger partial charge in [0.15, 0.2) is 0 Å². The maximum atomic E-state index is 12.1. The average Bonchev–Trinajstić information content (AvgIpc) is 2.55. The summed E-state index contributed by atoms with van der Waals surface area (Å²) < 4.78 is 5.43. The first-order valence-electron chi connectivity index (χ1n) is 9.30. The Kier molecular flexibility index (Phi) is 12.0. The van der Waals surface area contributed by atoms with E-state index >= 15 is 0 Å². The zero-order valence-electron chi connectivity index (χ0n) is 17.0. The molecule has 7 heteroatoms. The van der Waals surface area contributed by atoms with Crippen LogP contribution in [0, 0.1) is 6.92 Å². The first-order valence-corrected chi connectivity index (χ1v) is 9.30. The number of nitrogens with zero attached hydrogens (tertiary/aromatic N) is 2. The molecule has 0 saturated carbocycles. The number of carbonyl (C=O) groups is 1. The van der Waals surface area contributed by atoms with Gasteiger partial charge in [-0.1, -0.05) is 29.8 Å². The summed E-state index contributed by atoms with van der Waals surface area (Å²) in [5.41, 5.74) is 2.21. The summed E-state index contributed by atoms with van der Waals surface area (Å²) in [6, 6.07) is 8.67. The highest BCUT2D eigenvalue weighted by Crippen LogP contribution is 2.12. The number of ether oxygens (including phenoxy) is 1. The predicted molar refractivity (Wildman–Crippen MR) is 116 cm³/mol. The van der Waals surface area contributed by atoms with Gasteiger partial charge in [0.1, 0.15) is 5.60 Å². The molecule has 2 rings (SSSR count). The van der Waals surface area contributed by atoms with Crippen molar-refractivity contribution >= 4 is 30.9 Å². The summed E-state index contributed by atoms with van der Waals surface area (Å²) in [5.74, 6) is 0. The maximum absolute atomic E-state index is 12.1. The van der Waals surface area contributed by atoms with Gasteiger partial charge in [0.2, 0.25) is 0 Å². The lowest BCUT2D eigenvalue weighted by Crippen LogP contribution is -2.50. The van der Waals surface area contributed by atoms with Crippen molar-refractivity contribution in [3.05, 3.63) is 35.4 Å². The van der Waals surface area contributed by atoms with Crippen LogP contribution in [0.5, 0.6) is 0 Å². The van der Waals surface area contributed by atoms with Gasteiger partial charge in [0, 0.05) is 32.7 Å². The lowest BCUT2D eigenvalue weighted by Gasteiger charge is -2.35. The molecule has 1 aliphatic rings. The Balaban J connectivity index is 0.00000338. The van der Waals surface area contributed by atoms with Crippen LogP contribution in [0.2, 0.25) is 0 Å². The van der Waals surface area contributed by atoms with Gasteiger partial charge in [0.05, 0.1) is 0 Å². The van der Waals surface area contributed by atoms with Crippen LogP contribution in [0.1, 0.15) is 38.3 Å². The Labute approximate surface area is 176 Å². The highest BCUT2D eigenvalue weighted by atomic mass is 35.5. The van der Waals surface area contributed by atoms with Crippen molar-refractivity contribution in [2.45, 2.75) is 46.3 Å². The molecule has 1 aliphatic heterocycles. The second-order valence-corrected chi connectivity index (χ2v) is 7.82. The molecule has 1 heterocycles. The second-order valence-electron chi connectivity index (χ2n) is 7.82. The molecular formula is C20H35Cl2N3O2. The van der Waals surface area contributed by atoms with Gasteiger partial charge in [-0.15, -0.1) is 24.8 Å². The Hall–Kier alpha value is -1.01. The topological polar surface area (TPSA) is 44.8 Å².